The predicted molar refractivity (Wildman–Crippen MR) is 72.7 cm³/mol. The minimum atomic E-state index is 0.805. The van der Waals surface area contributed by atoms with Crippen LogP contribution in [0, 0.1) is 23.7 Å². The van der Waals surface area contributed by atoms with Gasteiger partial charge in [-0.1, -0.05) is 43.4 Å². The molecule has 0 bridgehead atoms. The molecule has 1 saturated carbocycles. The predicted octanol–water partition coefficient (Wildman–Crippen LogP) is 3.06. The average Bonchev–Trinajstić information content (AvgIpc) is 2.76. The molecule has 1 N–H and O–H groups in total. The fourth-order valence-electron chi connectivity index (χ4n) is 2.52. The van der Waals surface area contributed by atoms with Gasteiger partial charge in [-0.2, -0.15) is 0 Å². The maximum atomic E-state index is 3.44. The molecule has 1 aliphatic rings. The zero-order chi connectivity index (χ0) is 11.9. The molecule has 2 rings (SSSR count). The molecular formula is C16H21N. The minimum Gasteiger partial charge on any atom is -0.306 e. The van der Waals surface area contributed by atoms with Gasteiger partial charge in [-0.15, -0.1) is 0 Å². The molecule has 17 heavy (non-hydrogen) atoms. The third-order valence-corrected chi connectivity index (χ3v) is 3.46. The highest BCUT2D eigenvalue weighted by Gasteiger charge is 2.20. The summed E-state index contributed by atoms with van der Waals surface area (Å²) in [4.78, 5) is 0. The van der Waals surface area contributed by atoms with E-state index in [1.807, 2.05) is 30.3 Å². The van der Waals surface area contributed by atoms with E-state index in [2.05, 4.69) is 24.1 Å². The quantitative estimate of drug-likeness (QED) is 0.618. The monoisotopic (exact) mass is 227 g/mol. The van der Waals surface area contributed by atoms with Gasteiger partial charge in [-0.3, -0.25) is 0 Å². The van der Waals surface area contributed by atoms with Crippen LogP contribution in [0.5, 0.6) is 0 Å². The van der Waals surface area contributed by atoms with Crippen molar-refractivity contribution in [3.8, 4) is 11.8 Å². The van der Waals surface area contributed by atoms with Crippen LogP contribution < -0.4 is 5.32 Å². The molecule has 0 saturated heterocycles. The Morgan fingerprint density at radius 2 is 2.06 bits per heavy atom. The Hall–Kier alpha value is -1.26. The van der Waals surface area contributed by atoms with Crippen molar-refractivity contribution < 1.29 is 0 Å². The van der Waals surface area contributed by atoms with Crippen molar-refractivity contribution in [2.75, 3.05) is 13.1 Å². The van der Waals surface area contributed by atoms with Crippen LogP contribution in [0.15, 0.2) is 30.3 Å². The van der Waals surface area contributed by atoms with E-state index in [-0.39, 0.29) is 0 Å². The Labute approximate surface area is 105 Å². The van der Waals surface area contributed by atoms with Crippen molar-refractivity contribution in [3.05, 3.63) is 35.9 Å². The summed E-state index contributed by atoms with van der Waals surface area (Å²) < 4.78 is 0. The molecule has 1 heteroatoms. The number of hydrogen-bond donors (Lipinski definition) is 1. The molecule has 1 aliphatic carbocycles. The summed E-state index contributed by atoms with van der Waals surface area (Å²) in [5.74, 6) is 8.15. The average molecular weight is 227 g/mol. The summed E-state index contributed by atoms with van der Waals surface area (Å²) in [6.45, 7) is 4.29. The zero-order valence-corrected chi connectivity index (χ0v) is 10.6. The van der Waals surface area contributed by atoms with Crippen LogP contribution in [0.2, 0.25) is 0 Å². The molecule has 0 aromatic heterocycles. The molecule has 0 radical (unpaired) electrons. The normalized spacial score (nSPS) is 23.1. The SMILES string of the molecule is CC1CCC(CNCC#Cc2ccccc2)C1. The second-order valence-corrected chi connectivity index (χ2v) is 5.08. The van der Waals surface area contributed by atoms with Crippen LogP contribution in [0.3, 0.4) is 0 Å². The third kappa shape index (κ3) is 4.24. The van der Waals surface area contributed by atoms with E-state index in [9.17, 15) is 0 Å². The number of nitrogens with one attached hydrogen (secondary N) is 1. The fraction of sp³-hybridized carbons (Fsp3) is 0.500. The Kier molecular flexibility index (Phi) is 4.64. The topological polar surface area (TPSA) is 12.0 Å². The first kappa shape index (κ1) is 12.2. The summed E-state index contributed by atoms with van der Waals surface area (Å²) in [5, 5.41) is 3.44. The first-order valence-corrected chi connectivity index (χ1v) is 6.59. The molecule has 0 amide bonds. The smallest absolute Gasteiger partial charge is 0.0580 e. The zero-order valence-electron chi connectivity index (χ0n) is 10.6. The molecule has 2 atom stereocenters. The molecule has 0 spiro atoms. The third-order valence-electron chi connectivity index (χ3n) is 3.46. The van der Waals surface area contributed by atoms with Crippen molar-refractivity contribution in [3.63, 3.8) is 0 Å². The summed E-state index contributed by atoms with van der Waals surface area (Å²) in [6.07, 6.45) is 4.18. The highest BCUT2D eigenvalue weighted by Crippen LogP contribution is 2.29. The summed E-state index contributed by atoms with van der Waals surface area (Å²) in [5.41, 5.74) is 1.10. The maximum absolute atomic E-state index is 3.44. The molecule has 1 aromatic carbocycles. The van der Waals surface area contributed by atoms with Crippen LogP contribution >= 0.6 is 0 Å². The molecule has 0 aliphatic heterocycles. The van der Waals surface area contributed by atoms with Crippen LogP contribution in [-0.2, 0) is 0 Å². The maximum Gasteiger partial charge on any atom is 0.0580 e. The lowest BCUT2D eigenvalue weighted by Gasteiger charge is -2.08. The van der Waals surface area contributed by atoms with Gasteiger partial charge >= 0.3 is 0 Å². The number of rotatable bonds is 3. The largest absolute Gasteiger partial charge is 0.306 e. The molecule has 0 heterocycles. The van der Waals surface area contributed by atoms with E-state index in [0.29, 0.717) is 0 Å². The Bertz CT molecular complexity index is 385. The van der Waals surface area contributed by atoms with Gasteiger partial charge in [-0.25, -0.2) is 0 Å². The van der Waals surface area contributed by atoms with Crippen LogP contribution in [0.25, 0.3) is 0 Å². The lowest BCUT2D eigenvalue weighted by atomic mass is 10.1. The summed E-state index contributed by atoms with van der Waals surface area (Å²) >= 11 is 0. The second kappa shape index (κ2) is 6.47. The van der Waals surface area contributed by atoms with E-state index >= 15 is 0 Å². The lowest BCUT2D eigenvalue weighted by molar-refractivity contribution is 0.484. The first-order chi connectivity index (χ1) is 8.34. The Morgan fingerprint density at radius 3 is 2.76 bits per heavy atom. The van der Waals surface area contributed by atoms with E-state index in [0.717, 1.165) is 30.5 Å². The van der Waals surface area contributed by atoms with E-state index in [4.69, 9.17) is 0 Å². The van der Waals surface area contributed by atoms with E-state index in [1.165, 1.54) is 19.3 Å². The van der Waals surface area contributed by atoms with Gasteiger partial charge in [0.25, 0.3) is 0 Å². The van der Waals surface area contributed by atoms with Gasteiger partial charge in [0.05, 0.1) is 6.54 Å². The van der Waals surface area contributed by atoms with Crippen molar-refractivity contribution in [2.45, 2.75) is 26.2 Å². The summed E-state index contributed by atoms with van der Waals surface area (Å²) in [7, 11) is 0. The molecule has 90 valence electrons. The molecule has 2 unspecified atom stereocenters. The highest BCUT2D eigenvalue weighted by molar-refractivity contribution is 5.33. The van der Waals surface area contributed by atoms with Crippen molar-refractivity contribution in [1.29, 1.82) is 0 Å². The van der Waals surface area contributed by atoms with Gasteiger partial charge in [0.1, 0.15) is 0 Å². The van der Waals surface area contributed by atoms with Crippen molar-refractivity contribution >= 4 is 0 Å². The lowest BCUT2D eigenvalue weighted by Crippen LogP contribution is -2.21. The molecular weight excluding hydrogens is 206 g/mol. The fourth-order valence-corrected chi connectivity index (χ4v) is 2.52. The van der Waals surface area contributed by atoms with Crippen LogP contribution in [-0.4, -0.2) is 13.1 Å². The number of hydrogen-bond acceptors (Lipinski definition) is 1. The number of benzene rings is 1. The van der Waals surface area contributed by atoms with Gasteiger partial charge in [0, 0.05) is 5.56 Å². The second-order valence-electron chi connectivity index (χ2n) is 5.08. The van der Waals surface area contributed by atoms with Crippen molar-refractivity contribution in [2.24, 2.45) is 11.8 Å². The van der Waals surface area contributed by atoms with Gasteiger partial charge in [0.15, 0.2) is 0 Å². The van der Waals surface area contributed by atoms with E-state index in [1.54, 1.807) is 0 Å². The van der Waals surface area contributed by atoms with Crippen LogP contribution in [0.4, 0.5) is 0 Å². The highest BCUT2D eigenvalue weighted by atomic mass is 14.8. The molecule has 1 fully saturated rings. The molecule has 1 nitrogen and oxygen atoms in total. The van der Waals surface area contributed by atoms with Crippen molar-refractivity contribution in [1.82, 2.24) is 5.32 Å². The Morgan fingerprint density at radius 1 is 1.24 bits per heavy atom. The molecule has 1 aromatic rings. The van der Waals surface area contributed by atoms with E-state index < -0.39 is 0 Å². The summed E-state index contributed by atoms with van der Waals surface area (Å²) in [6, 6.07) is 10.2. The first-order valence-electron chi connectivity index (χ1n) is 6.59. The Balaban J connectivity index is 1.65. The minimum absolute atomic E-state index is 0.805. The van der Waals surface area contributed by atoms with Gasteiger partial charge in [0.2, 0.25) is 0 Å². The standard InChI is InChI=1S/C16H21N/c1-14-9-10-16(12-14)13-17-11-5-8-15-6-3-2-4-7-15/h2-4,6-7,14,16-17H,9-13H2,1H3. The van der Waals surface area contributed by atoms with Gasteiger partial charge in [-0.05, 0) is 43.4 Å². The van der Waals surface area contributed by atoms with Crippen LogP contribution in [0.1, 0.15) is 31.7 Å². The van der Waals surface area contributed by atoms with Gasteiger partial charge < -0.3 is 5.32 Å².